The van der Waals surface area contributed by atoms with E-state index < -0.39 is 5.97 Å². The Labute approximate surface area is 92.9 Å². The first-order chi connectivity index (χ1) is 7.63. The Morgan fingerprint density at radius 1 is 1.19 bits per heavy atom. The van der Waals surface area contributed by atoms with Gasteiger partial charge in [-0.15, -0.1) is 0 Å². The molecule has 0 aromatic heterocycles. The Bertz CT molecular complexity index is 279. The standard InChI is InChI=1S/C10H13NO5/c1-2-5-16-10(15)4-3-9(14)6-11(7-12)8-13/h2,7-8H,1,3-6H2. The number of imide groups is 1. The minimum atomic E-state index is -0.517. The van der Waals surface area contributed by atoms with Gasteiger partial charge in [0, 0.05) is 6.42 Å². The zero-order valence-electron chi connectivity index (χ0n) is 8.76. The van der Waals surface area contributed by atoms with Crippen LogP contribution in [-0.2, 0) is 23.9 Å². The molecule has 6 nitrogen and oxygen atoms in total. The van der Waals surface area contributed by atoms with Crippen LogP contribution in [0.4, 0.5) is 0 Å². The van der Waals surface area contributed by atoms with Crippen LogP contribution in [0.1, 0.15) is 12.8 Å². The van der Waals surface area contributed by atoms with Crippen LogP contribution in [0.15, 0.2) is 12.7 Å². The molecule has 0 rings (SSSR count). The fraction of sp³-hybridized carbons (Fsp3) is 0.400. The number of Topliss-reactive ketones (excluding diaryl/α,β-unsaturated/α-hetero) is 1. The molecule has 0 saturated heterocycles. The van der Waals surface area contributed by atoms with E-state index >= 15 is 0 Å². The number of rotatable bonds is 9. The molecular formula is C10H13NO5. The molecule has 0 atom stereocenters. The average molecular weight is 227 g/mol. The second-order valence-electron chi connectivity index (χ2n) is 2.89. The highest BCUT2D eigenvalue weighted by Crippen LogP contribution is 1.95. The van der Waals surface area contributed by atoms with Gasteiger partial charge in [-0.1, -0.05) is 12.7 Å². The molecule has 2 amide bonds. The molecule has 0 spiro atoms. The van der Waals surface area contributed by atoms with Crippen LogP contribution in [0.25, 0.3) is 0 Å². The van der Waals surface area contributed by atoms with Crippen molar-refractivity contribution in [3.63, 3.8) is 0 Å². The molecule has 0 saturated carbocycles. The predicted octanol–water partition coefficient (Wildman–Crippen LogP) is -0.320. The van der Waals surface area contributed by atoms with E-state index in [0.29, 0.717) is 4.90 Å². The van der Waals surface area contributed by atoms with Gasteiger partial charge >= 0.3 is 5.97 Å². The lowest BCUT2D eigenvalue weighted by Crippen LogP contribution is -2.27. The van der Waals surface area contributed by atoms with Crippen molar-refractivity contribution in [3.8, 4) is 0 Å². The molecule has 0 aromatic rings. The minimum Gasteiger partial charge on any atom is -0.461 e. The third kappa shape index (κ3) is 6.47. The Hall–Kier alpha value is -1.98. The summed E-state index contributed by atoms with van der Waals surface area (Å²) in [6.45, 7) is 3.14. The Balaban J connectivity index is 3.79. The molecule has 0 N–H and O–H groups in total. The van der Waals surface area contributed by atoms with Crippen molar-refractivity contribution in [1.82, 2.24) is 4.90 Å². The van der Waals surface area contributed by atoms with E-state index in [1.54, 1.807) is 0 Å². The highest BCUT2D eigenvalue weighted by atomic mass is 16.5. The van der Waals surface area contributed by atoms with E-state index in [9.17, 15) is 19.2 Å². The molecule has 0 aliphatic heterocycles. The maximum absolute atomic E-state index is 11.2. The van der Waals surface area contributed by atoms with Crippen molar-refractivity contribution in [2.45, 2.75) is 12.8 Å². The fourth-order valence-corrected chi connectivity index (χ4v) is 0.848. The number of ketones is 1. The van der Waals surface area contributed by atoms with Gasteiger partial charge in [-0.25, -0.2) is 0 Å². The van der Waals surface area contributed by atoms with Gasteiger partial charge in [0.05, 0.1) is 13.0 Å². The van der Waals surface area contributed by atoms with Crippen molar-refractivity contribution in [3.05, 3.63) is 12.7 Å². The summed E-state index contributed by atoms with van der Waals surface area (Å²) in [5, 5.41) is 0. The van der Waals surface area contributed by atoms with E-state index in [1.807, 2.05) is 0 Å². The number of carbonyl (C=O) groups is 4. The lowest BCUT2D eigenvalue weighted by atomic mass is 10.2. The number of nitrogens with zero attached hydrogens (tertiary/aromatic N) is 1. The number of hydrogen-bond donors (Lipinski definition) is 0. The first-order valence-corrected chi connectivity index (χ1v) is 4.58. The van der Waals surface area contributed by atoms with Crippen LogP contribution in [0.3, 0.4) is 0 Å². The first kappa shape index (κ1) is 14.0. The number of hydrogen-bond acceptors (Lipinski definition) is 5. The predicted molar refractivity (Wildman–Crippen MR) is 54.2 cm³/mol. The van der Waals surface area contributed by atoms with Crippen LogP contribution >= 0.6 is 0 Å². The maximum atomic E-state index is 11.2. The average Bonchev–Trinajstić information content (AvgIpc) is 2.30. The first-order valence-electron chi connectivity index (χ1n) is 4.58. The number of esters is 1. The van der Waals surface area contributed by atoms with Gasteiger partial charge in [0.2, 0.25) is 12.8 Å². The molecule has 6 heteroatoms. The molecular weight excluding hydrogens is 214 g/mol. The monoisotopic (exact) mass is 227 g/mol. The lowest BCUT2D eigenvalue weighted by Gasteiger charge is -2.07. The molecule has 88 valence electrons. The van der Waals surface area contributed by atoms with Crippen LogP contribution in [0.2, 0.25) is 0 Å². The smallest absolute Gasteiger partial charge is 0.306 e. The van der Waals surface area contributed by atoms with Gasteiger partial charge in [0.1, 0.15) is 6.61 Å². The third-order valence-corrected chi connectivity index (χ3v) is 1.60. The largest absolute Gasteiger partial charge is 0.461 e. The summed E-state index contributed by atoms with van der Waals surface area (Å²) < 4.78 is 4.64. The summed E-state index contributed by atoms with van der Waals surface area (Å²) in [5.74, 6) is -0.897. The molecule has 0 heterocycles. The van der Waals surface area contributed by atoms with Gasteiger partial charge < -0.3 is 4.74 Å². The molecule has 16 heavy (non-hydrogen) atoms. The summed E-state index contributed by atoms with van der Waals surface area (Å²) in [4.78, 5) is 43.2. The highest BCUT2D eigenvalue weighted by molar-refractivity contribution is 5.88. The van der Waals surface area contributed by atoms with Crippen LogP contribution < -0.4 is 0 Å². The zero-order valence-corrected chi connectivity index (χ0v) is 8.76. The Kier molecular flexibility index (Phi) is 7.31. The normalized spacial score (nSPS) is 9.00. The van der Waals surface area contributed by atoms with Crippen molar-refractivity contribution in [1.29, 1.82) is 0 Å². The van der Waals surface area contributed by atoms with E-state index in [2.05, 4.69) is 11.3 Å². The van der Waals surface area contributed by atoms with Gasteiger partial charge in [-0.3, -0.25) is 24.1 Å². The van der Waals surface area contributed by atoms with Crippen LogP contribution in [0, 0.1) is 0 Å². The lowest BCUT2D eigenvalue weighted by molar-refractivity contribution is -0.143. The molecule has 0 aliphatic carbocycles. The molecule has 0 aliphatic rings. The van der Waals surface area contributed by atoms with Crippen LogP contribution in [-0.4, -0.2) is 42.6 Å². The second-order valence-corrected chi connectivity index (χ2v) is 2.89. The zero-order chi connectivity index (χ0) is 12.4. The number of amides is 2. The van der Waals surface area contributed by atoms with Crippen molar-refractivity contribution < 1.29 is 23.9 Å². The van der Waals surface area contributed by atoms with Gasteiger partial charge in [-0.05, 0) is 0 Å². The Morgan fingerprint density at radius 3 is 2.31 bits per heavy atom. The molecule has 0 bridgehead atoms. The third-order valence-electron chi connectivity index (χ3n) is 1.60. The summed E-state index contributed by atoms with van der Waals surface area (Å²) in [6, 6.07) is 0. The quantitative estimate of drug-likeness (QED) is 0.306. The van der Waals surface area contributed by atoms with Gasteiger partial charge in [0.15, 0.2) is 5.78 Å². The number of carbonyl (C=O) groups excluding carboxylic acids is 4. The van der Waals surface area contributed by atoms with E-state index in [4.69, 9.17) is 0 Å². The van der Waals surface area contributed by atoms with E-state index in [1.165, 1.54) is 6.08 Å². The molecule has 0 radical (unpaired) electrons. The van der Waals surface area contributed by atoms with Crippen molar-refractivity contribution in [2.75, 3.05) is 13.2 Å². The van der Waals surface area contributed by atoms with E-state index in [0.717, 1.165) is 0 Å². The number of ether oxygens (including phenoxy) is 1. The van der Waals surface area contributed by atoms with Gasteiger partial charge in [0.25, 0.3) is 0 Å². The summed E-state index contributed by atoms with van der Waals surface area (Å²) in [6.07, 6.45) is 1.79. The molecule has 0 fully saturated rings. The highest BCUT2D eigenvalue weighted by Gasteiger charge is 2.10. The maximum Gasteiger partial charge on any atom is 0.306 e. The topological polar surface area (TPSA) is 80.8 Å². The van der Waals surface area contributed by atoms with Crippen molar-refractivity contribution >= 4 is 24.6 Å². The molecule has 0 aromatic carbocycles. The Morgan fingerprint density at radius 2 is 1.81 bits per heavy atom. The molecule has 0 unspecified atom stereocenters. The van der Waals surface area contributed by atoms with Crippen molar-refractivity contribution in [2.24, 2.45) is 0 Å². The summed E-state index contributed by atoms with van der Waals surface area (Å²) in [7, 11) is 0. The fourth-order valence-electron chi connectivity index (χ4n) is 0.848. The SMILES string of the molecule is C=CCOC(=O)CCC(=O)CN(C=O)C=O. The van der Waals surface area contributed by atoms with Gasteiger partial charge in [-0.2, -0.15) is 0 Å². The summed E-state index contributed by atoms with van der Waals surface area (Å²) >= 11 is 0. The van der Waals surface area contributed by atoms with E-state index in [-0.39, 0.29) is 44.6 Å². The summed E-state index contributed by atoms with van der Waals surface area (Å²) in [5.41, 5.74) is 0. The minimum absolute atomic E-state index is 0.0614. The van der Waals surface area contributed by atoms with Crippen LogP contribution in [0.5, 0.6) is 0 Å². The second kappa shape index (κ2) is 8.34.